The molecule has 6 heteroatoms. The Kier molecular flexibility index (Phi) is 3.82. The molecule has 0 unspecified atom stereocenters. The second kappa shape index (κ2) is 5.19. The Bertz CT molecular complexity index is 604. The highest BCUT2D eigenvalue weighted by Crippen LogP contribution is 2.35. The van der Waals surface area contributed by atoms with Crippen LogP contribution in [0.4, 0.5) is 27.1 Å². The molecule has 0 aliphatic heterocycles. The fraction of sp³-hybridized carbons (Fsp3) is 0. The van der Waals surface area contributed by atoms with Crippen LogP contribution in [0.5, 0.6) is 0 Å². The molecule has 0 bridgehead atoms. The lowest BCUT2D eigenvalue weighted by atomic mass is 10.2. The summed E-state index contributed by atoms with van der Waals surface area (Å²) in [6.45, 7) is 0. The van der Waals surface area contributed by atoms with Gasteiger partial charge < -0.3 is 16.8 Å². The van der Waals surface area contributed by atoms with Crippen LogP contribution in [-0.2, 0) is 0 Å². The molecule has 94 valence electrons. The highest BCUT2D eigenvalue weighted by atomic mass is 127. The van der Waals surface area contributed by atoms with Crippen LogP contribution in [0.15, 0.2) is 30.3 Å². The van der Waals surface area contributed by atoms with E-state index in [0.29, 0.717) is 0 Å². The van der Waals surface area contributed by atoms with Crippen molar-refractivity contribution in [2.24, 2.45) is 0 Å². The number of halogens is 3. The molecule has 0 atom stereocenters. The average Bonchev–Trinajstić information content (AvgIpc) is 2.32. The van der Waals surface area contributed by atoms with Gasteiger partial charge in [-0.2, -0.15) is 0 Å². The Hall–Kier alpha value is -1.21. The van der Waals surface area contributed by atoms with Gasteiger partial charge in [0.1, 0.15) is 5.02 Å². The summed E-state index contributed by atoms with van der Waals surface area (Å²) in [6, 6.07) is 8.90. The fourth-order valence-electron chi connectivity index (χ4n) is 1.50. The summed E-state index contributed by atoms with van der Waals surface area (Å²) < 4.78 is 15.0. The summed E-state index contributed by atoms with van der Waals surface area (Å²) in [6.07, 6.45) is 0. The smallest absolute Gasteiger partial charge is 0.169 e. The SMILES string of the molecule is Nc1cc(N)c(Nc2cccc(I)c2)c(F)c1Cl. The Morgan fingerprint density at radius 3 is 2.56 bits per heavy atom. The number of rotatable bonds is 2. The standard InChI is InChI=1S/C12H10ClFIN3/c13-10-8(16)5-9(17)12(11(10)14)18-7-3-1-2-6(15)4-7/h1-5,18H,16-17H2. The van der Waals surface area contributed by atoms with Crippen molar-refractivity contribution >= 4 is 56.9 Å². The van der Waals surface area contributed by atoms with E-state index >= 15 is 0 Å². The number of nitrogen functional groups attached to an aromatic ring is 2. The predicted molar refractivity (Wildman–Crippen MR) is 82.7 cm³/mol. The van der Waals surface area contributed by atoms with Gasteiger partial charge in [-0.25, -0.2) is 4.39 Å². The van der Waals surface area contributed by atoms with Gasteiger partial charge in [0.25, 0.3) is 0 Å². The van der Waals surface area contributed by atoms with Gasteiger partial charge in [-0.05, 0) is 46.9 Å². The topological polar surface area (TPSA) is 64.1 Å². The maximum absolute atomic E-state index is 14.0. The Labute approximate surface area is 122 Å². The number of hydrogen-bond acceptors (Lipinski definition) is 3. The van der Waals surface area contributed by atoms with Crippen molar-refractivity contribution in [1.29, 1.82) is 0 Å². The van der Waals surface area contributed by atoms with Crippen LogP contribution in [0.25, 0.3) is 0 Å². The van der Waals surface area contributed by atoms with Gasteiger partial charge in [0, 0.05) is 9.26 Å². The number of nitrogens with two attached hydrogens (primary N) is 2. The van der Waals surface area contributed by atoms with Gasteiger partial charge in [-0.15, -0.1) is 0 Å². The molecule has 0 aliphatic rings. The van der Waals surface area contributed by atoms with E-state index in [1.807, 2.05) is 24.3 Å². The second-order valence-electron chi connectivity index (χ2n) is 3.69. The van der Waals surface area contributed by atoms with Crippen LogP contribution >= 0.6 is 34.2 Å². The van der Waals surface area contributed by atoms with Crippen LogP contribution in [0, 0.1) is 9.39 Å². The van der Waals surface area contributed by atoms with Crippen molar-refractivity contribution in [2.45, 2.75) is 0 Å². The molecule has 0 aliphatic carbocycles. The Morgan fingerprint density at radius 2 is 1.89 bits per heavy atom. The zero-order chi connectivity index (χ0) is 13.3. The van der Waals surface area contributed by atoms with Crippen LogP contribution in [0.2, 0.25) is 5.02 Å². The minimum absolute atomic E-state index is 0.125. The first-order valence-corrected chi connectivity index (χ1v) is 6.50. The largest absolute Gasteiger partial charge is 0.397 e. The third-order valence-corrected chi connectivity index (χ3v) is 3.41. The molecule has 2 aromatic carbocycles. The van der Waals surface area contributed by atoms with E-state index in [2.05, 4.69) is 27.9 Å². The Balaban J connectivity index is 2.44. The number of benzene rings is 2. The monoisotopic (exact) mass is 377 g/mol. The molecule has 0 saturated carbocycles. The summed E-state index contributed by atoms with van der Waals surface area (Å²) in [4.78, 5) is 0. The molecule has 3 nitrogen and oxygen atoms in total. The fourth-order valence-corrected chi connectivity index (χ4v) is 2.20. The summed E-state index contributed by atoms with van der Waals surface area (Å²) in [7, 11) is 0. The molecule has 18 heavy (non-hydrogen) atoms. The molecule has 2 aromatic rings. The zero-order valence-electron chi connectivity index (χ0n) is 9.18. The number of hydrogen-bond donors (Lipinski definition) is 3. The summed E-state index contributed by atoms with van der Waals surface area (Å²) in [5.74, 6) is -0.645. The lowest BCUT2D eigenvalue weighted by Gasteiger charge is -2.13. The number of anilines is 4. The maximum atomic E-state index is 14.0. The molecule has 0 radical (unpaired) electrons. The van der Waals surface area contributed by atoms with Gasteiger partial charge >= 0.3 is 0 Å². The van der Waals surface area contributed by atoms with Crippen LogP contribution in [-0.4, -0.2) is 0 Å². The quantitative estimate of drug-likeness (QED) is 0.548. The predicted octanol–water partition coefficient (Wildman–Crippen LogP) is 3.99. The molecule has 5 N–H and O–H groups in total. The van der Waals surface area contributed by atoms with Crippen LogP contribution < -0.4 is 16.8 Å². The highest BCUT2D eigenvalue weighted by molar-refractivity contribution is 14.1. The van der Waals surface area contributed by atoms with Crippen molar-refractivity contribution in [3.05, 3.63) is 44.7 Å². The molecular formula is C12H10ClFIN3. The van der Waals surface area contributed by atoms with E-state index in [1.54, 1.807) is 0 Å². The summed E-state index contributed by atoms with van der Waals surface area (Å²) in [5, 5.41) is 2.78. The molecule has 0 saturated heterocycles. The normalized spacial score (nSPS) is 10.4. The van der Waals surface area contributed by atoms with Crippen LogP contribution in [0.3, 0.4) is 0 Å². The molecule has 0 heterocycles. The second-order valence-corrected chi connectivity index (χ2v) is 5.32. The Morgan fingerprint density at radius 1 is 1.17 bits per heavy atom. The first-order valence-electron chi connectivity index (χ1n) is 5.04. The lowest BCUT2D eigenvalue weighted by Crippen LogP contribution is -2.02. The van der Waals surface area contributed by atoms with Gasteiger partial charge in [0.05, 0.1) is 17.1 Å². The zero-order valence-corrected chi connectivity index (χ0v) is 12.1. The van der Waals surface area contributed by atoms with Crippen molar-refractivity contribution in [2.75, 3.05) is 16.8 Å². The minimum Gasteiger partial charge on any atom is -0.397 e. The van der Waals surface area contributed by atoms with Crippen LogP contribution in [0.1, 0.15) is 0 Å². The minimum atomic E-state index is -0.645. The molecule has 0 spiro atoms. The van der Waals surface area contributed by atoms with E-state index in [-0.39, 0.29) is 22.1 Å². The third kappa shape index (κ3) is 2.62. The van der Waals surface area contributed by atoms with Crippen molar-refractivity contribution in [1.82, 2.24) is 0 Å². The van der Waals surface area contributed by atoms with Crippen molar-refractivity contribution < 1.29 is 4.39 Å². The van der Waals surface area contributed by atoms with Gasteiger partial charge in [-0.1, -0.05) is 17.7 Å². The van der Waals surface area contributed by atoms with E-state index < -0.39 is 5.82 Å². The van der Waals surface area contributed by atoms with Crippen molar-refractivity contribution in [3.63, 3.8) is 0 Å². The molecule has 0 fully saturated rings. The van der Waals surface area contributed by atoms with E-state index in [4.69, 9.17) is 23.1 Å². The highest BCUT2D eigenvalue weighted by Gasteiger charge is 2.14. The lowest BCUT2D eigenvalue weighted by molar-refractivity contribution is 0.633. The molecule has 0 amide bonds. The van der Waals surface area contributed by atoms with Gasteiger partial charge in [0.2, 0.25) is 0 Å². The van der Waals surface area contributed by atoms with E-state index in [0.717, 1.165) is 9.26 Å². The maximum Gasteiger partial charge on any atom is 0.169 e. The van der Waals surface area contributed by atoms with E-state index in [1.165, 1.54) is 6.07 Å². The summed E-state index contributed by atoms with van der Waals surface area (Å²) in [5.41, 5.74) is 12.5. The third-order valence-electron chi connectivity index (χ3n) is 2.36. The molecular weight excluding hydrogens is 368 g/mol. The van der Waals surface area contributed by atoms with Gasteiger partial charge in [-0.3, -0.25) is 0 Å². The van der Waals surface area contributed by atoms with Gasteiger partial charge in [0.15, 0.2) is 5.82 Å². The van der Waals surface area contributed by atoms with Crippen molar-refractivity contribution in [3.8, 4) is 0 Å². The molecule has 0 aromatic heterocycles. The summed E-state index contributed by atoms with van der Waals surface area (Å²) >= 11 is 7.92. The first-order chi connectivity index (χ1) is 8.49. The average molecular weight is 378 g/mol. The van der Waals surface area contributed by atoms with E-state index in [9.17, 15) is 4.39 Å². The number of nitrogens with one attached hydrogen (secondary N) is 1. The first kappa shape index (κ1) is 13.2. The molecule has 2 rings (SSSR count).